The summed E-state index contributed by atoms with van der Waals surface area (Å²) in [5.74, 6) is -0.542. The van der Waals surface area contributed by atoms with E-state index in [4.69, 9.17) is 51.1 Å². The second-order valence-corrected chi connectivity index (χ2v) is 8.42. The Kier molecular flexibility index (Phi) is 8.58. The van der Waals surface area contributed by atoms with Crippen molar-refractivity contribution < 1.29 is 14.3 Å². The molecule has 33 heavy (non-hydrogen) atoms. The zero-order chi connectivity index (χ0) is 24.0. The molecule has 10 heteroatoms. The lowest BCUT2D eigenvalue weighted by atomic mass is 10.1. The molecular formula is C23H17Cl4N3O3. The molecule has 0 saturated heterocycles. The van der Waals surface area contributed by atoms with Gasteiger partial charge in [-0.3, -0.25) is 9.59 Å². The van der Waals surface area contributed by atoms with Gasteiger partial charge in [0.1, 0.15) is 5.75 Å². The summed E-state index contributed by atoms with van der Waals surface area (Å²) in [6.07, 6.45) is 0. The van der Waals surface area contributed by atoms with Crippen molar-refractivity contribution in [2.45, 2.75) is 6.92 Å². The third-order valence-electron chi connectivity index (χ3n) is 4.33. The zero-order valence-electron chi connectivity index (χ0n) is 17.2. The van der Waals surface area contributed by atoms with Crippen LogP contribution in [0.4, 0.5) is 5.69 Å². The third-order valence-corrected chi connectivity index (χ3v) is 5.60. The molecule has 0 aliphatic carbocycles. The van der Waals surface area contributed by atoms with Crippen molar-refractivity contribution in [2.75, 3.05) is 11.9 Å². The van der Waals surface area contributed by atoms with Gasteiger partial charge < -0.3 is 10.1 Å². The van der Waals surface area contributed by atoms with Crippen LogP contribution in [0.5, 0.6) is 5.75 Å². The molecular weight excluding hydrogens is 508 g/mol. The van der Waals surface area contributed by atoms with Crippen molar-refractivity contribution in [3.05, 3.63) is 91.9 Å². The van der Waals surface area contributed by atoms with Crippen LogP contribution in [0.3, 0.4) is 0 Å². The van der Waals surface area contributed by atoms with Crippen LogP contribution in [0.2, 0.25) is 20.1 Å². The van der Waals surface area contributed by atoms with Crippen LogP contribution < -0.4 is 15.5 Å². The van der Waals surface area contributed by atoms with E-state index in [0.29, 0.717) is 27.5 Å². The molecule has 0 aromatic heterocycles. The van der Waals surface area contributed by atoms with Crippen LogP contribution in [0.15, 0.2) is 65.8 Å². The number of nitrogens with one attached hydrogen (secondary N) is 2. The minimum absolute atomic E-state index is 0.228. The number of amides is 2. The topological polar surface area (TPSA) is 79.8 Å². The second kappa shape index (κ2) is 11.4. The number of ether oxygens (including phenoxy) is 1. The van der Waals surface area contributed by atoms with Crippen molar-refractivity contribution in [2.24, 2.45) is 5.10 Å². The number of hydrogen-bond acceptors (Lipinski definition) is 4. The highest BCUT2D eigenvalue weighted by Gasteiger charge is 2.10. The van der Waals surface area contributed by atoms with Crippen molar-refractivity contribution in [1.82, 2.24) is 5.43 Å². The summed E-state index contributed by atoms with van der Waals surface area (Å²) in [5, 5.41) is 8.21. The number of rotatable bonds is 7. The Morgan fingerprint density at radius 1 is 0.879 bits per heavy atom. The number of hydrogen-bond donors (Lipinski definition) is 2. The molecule has 0 aliphatic heterocycles. The molecule has 0 bridgehead atoms. The van der Waals surface area contributed by atoms with E-state index in [1.807, 2.05) is 0 Å². The van der Waals surface area contributed by atoms with E-state index in [1.165, 1.54) is 12.1 Å². The van der Waals surface area contributed by atoms with E-state index < -0.39 is 5.91 Å². The van der Waals surface area contributed by atoms with E-state index in [1.54, 1.807) is 55.5 Å². The molecule has 0 atom stereocenters. The summed E-state index contributed by atoms with van der Waals surface area (Å²) in [6, 6.07) is 16.5. The molecule has 0 aliphatic rings. The number of carbonyl (C=O) groups is 2. The van der Waals surface area contributed by atoms with Crippen molar-refractivity contribution in [3.63, 3.8) is 0 Å². The molecule has 3 aromatic carbocycles. The highest BCUT2D eigenvalue weighted by molar-refractivity contribution is 6.43. The van der Waals surface area contributed by atoms with Crippen LogP contribution >= 0.6 is 46.4 Å². The van der Waals surface area contributed by atoms with Gasteiger partial charge in [0.15, 0.2) is 6.61 Å². The molecule has 2 N–H and O–H groups in total. The second-order valence-electron chi connectivity index (χ2n) is 6.76. The summed E-state index contributed by atoms with van der Waals surface area (Å²) < 4.78 is 5.37. The Bertz CT molecular complexity index is 1210. The Balaban J connectivity index is 1.59. The largest absolute Gasteiger partial charge is 0.482 e. The first-order valence-electron chi connectivity index (χ1n) is 9.51. The van der Waals surface area contributed by atoms with Gasteiger partial charge in [-0.2, -0.15) is 5.10 Å². The summed E-state index contributed by atoms with van der Waals surface area (Å²) in [5.41, 5.74) is 4.69. The van der Waals surface area contributed by atoms with Gasteiger partial charge in [-0.15, -0.1) is 0 Å². The molecule has 0 fully saturated rings. The molecule has 0 saturated carbocycles. The minimum Gasteiger partial charge on any atom is -0.482 e. The highest BCUT2D eigenvalue weighted by atomic mass is 35.5. The lowest BCUT2D eigenvalue weighted by Gasteiger charge is -2.09. The maximum Gasteiger partial charge on any atom is 0.277 e. The Labute approximate surface area is 210 Å². The lowest BCUT2D eigenvalue weighted by molar-refractivity contribution is -0.123. The molecule has 0 heterocycles. The smallest absolute Gasteiger partial charge is 0.277 e. The minimum atomic E-state index is -0.497. The number of benzene rings is 3. The number of halogens is 4. The van der Waals surface area contributed by atoms with Gasteiger partial charge in [-0.1, -0.05) is 58.5 Å². The fourth-order valence-electron chi connectivity index (χ4n) is 2.63. The normalized spacial score (nSPS) is 11.1. The van der Waals surface area contributed by atoms with E-state index in [9.17, 15) is 9.59 Å². The monoisotopic (exact) mass is 523 g/mol. The fourth-order valence-corrected chi connectivity index (χ4v) is 3.35. The van der Waals surface area contributed by atoms with Gasteiger partial charge in [0.2, 0.25) is 0 Å². The standard InChI is InChI=1S/C23H17Cl4N3O3/c1-13(29-30-22(31)12-33-21-11-19(26)18(25)10-20(21)27)15-3-2-4-17(9-15)28-23(32)14-5-7-16(24)8-6-14/h2-11H,12H2,1H3,(H,28,32)(H,30,31)/b29-13-. The summed E-state index contributed by atoms with van der Waals surface area (Å²) in [4.78, 5) is 24.5. The van der Waals surface area contributed by atoms with E-state index in [0.717, 1.165) is 0 Å². The van der Waals surface area contributed by atoms with Gasteiger partial charge in [-0.25, -0.2) is 5.43 Å². The van der Waals surface area contributed by atoms with Gasteiger partial charge in [-0.05, 0) is 55.0 Å². The average Bonchev–Trinajstić information content (AvgIpc) is 2.79. The maximum atomic E-state index is 12.4. The van der Waals surface area contributed by atoms with Crippen molar-refractivity contribution in [3.8, 4) is 5.75 Å². The Hall–Kier alpha value is -2.77. The van der Waals surface area contributed by atoms with E-state index in [-0.39, 0.29) is 33.3 Å². The number of carbonyl (C=O) groups excluding carboxylic acids is 2. The fraction of sp³-hybridized carbons (Fsp3) is 0.0870. The lowest BCUT2D eigenvalue weighted by Crippen LogP contribution is -2.25. The van der Waals surface area contributed by atoms with Gasteiger partial charge in [0.25, 0.3) is 11.8 Å². The van der Waals surface area contributed by atoms with Crippen molar-refractivity contribution in [1.29, 1.82) is 0 Å². The first kappa shape index (κ1) is 24.9. The summed E-state index contributed by atoms with van der Waals surface area (Å²) in [6.45, 7) is 1.39. The van der Waals surface area contributed by atoms with E-state index >= 15 is 0 Å². The number of hydrazone groups is 1. The Morgan fingerprint density at radius 2 is 1.58 bits per heavy atom. The van der Waals surface area contributed by atoms with E-state index in [2.05, 4.69) is 15.8 Å². The zero-order valence-corrected chi connectivity index (χ0v) is 20.2. The maximum absolute atomic E-state index is 12.4. The molecule has 3 rings (SSSR count). The quantitative estimate of drug-likeness (QED) is 0.211. The molecule has 0 radical (unpaired) electrons. The van der Waals surface area contributed by atoms with Crippen LogP contribution in [0.1, 0.15) is 22.8 Å². The van der Waals surface area contributed by atoms with Crippen molar-refractivity contribution >= 4 is 69.6 Å². The number of anilines is 1. The highest BCUT2D eigenvalue weighted by Crippen LogP contribution is 2.33. The average molecular weight is 525 g/mol. The summed E-state index contributed by atoms with van der Waals surface area (Å²) >= 11 is 23.7. The SMILES string of the molecule is C/C(=N/NC(=O)COc1cc(Cl)c(Cl)cc1Cl)c1cccc(NC(=O)c2ccc(Cl)cc2)c1. The molecule has 2 amide bonds. The van der Waals surface area contributed by atoms with Crippen LogP contribution in [-0.2, 0) is 4.79 Å². The van der Waals surface area contributed by atoms with Crippen LogP contribution in [-0.4, -0.2) is 24.1 Å². The molecule has 170 valence electrons. The summed E-state index contributed by atoms with van der Waals surface area (Å²) in [7, 11) is 0. The molecule has 0 spiro atoms. The Morgan fingerprint density at radius 3 is 2.30 bits per heavy atom. The predicted octanol–water partition coefficient (Wildman–Crippen LogP) is 6.47. The van der Waals surface area contributed by atoms with Gasteiger partial charge >= 0.3 is 0 Å². The molecule has 0 unspecified atom stereocenters. The molecule has 3 aromatic rings. The predicted molar refractivity (Wildman–Crippen MR) is 133 cm³/mol. The first-order valence-corrected chi connectivity index (χ1v) is 11.0. The van der Waals surface area contributed by atoms with Gasteiger partial charge in [0.05, 0.1) is 20.8 Å². The number of nitrogens with zero attached hydrogens (tertiary/aromatic N) is 1. The first-order chi connectivity index (χ1) is 15.7. The van der Waals surface area contributed by atoms with Gasteiger partial charge in [0, 0.05) is 22.3 Å². The van der Waals surface area contributed by atoms with Crippen LogP contribution in [0, 0.1) is 0 Å². The van der Waals surface area contributed by atoms with Crippen LogP contribution in [0.25, 0.3) is 0 Å². The third kappa shape index (κ3) is 7.11. The molecule has 6 nitrogen and oxygen atoms in total.